The predicted molar refractivity (Wildman–Crippen MR) is 138 cm³/mol. The zero-order valence-electron chi connectivity index (χ0n) is 22.6. The van der Waals surface area contributed by atoms with E-state index in [1.54, 1.807) is 4.90 Å². The number of hydrogen-bond acceptors (Lipinski definition) is 8. The predicted octanol–water partition coefficient (Wildman–Crippen LogP) is 5.84. The van der Waals surface area contributed by atoms with Crippen LogP contribution in [0.1, 0.15) is 106 Å². The first-order chi connectivity index (χ1) is 16.6. The van der Waals surface area contributed by atoms with E-state index in [-0.39, 0.29) is 11.8 Å². The third-order valence-corrected chi connectivity index (χ3v) is 10.2. The van der Waals surface area contributed by atoms with Crippen LogP contribution in [-0.2, 0) is 23.2 Å². The molecule has 2 N–H and O–H groups in total. The Kier molecular flexibility index (Phi) is 11.2. The summed E-state index contributed by atoms with van der Waals surface area (Å²) in [6.07, 6.45) is 8.95. The van der Waals surface area contributed by atoms with Crippen molar-refractivity contribution < 1.29 is 28.0 Å². The Hall–Kier alpha value is -1.44. The molecule has 10 heteroatoms. The normalized spacial score (nSPS) is 25.4. The summed E-state index contributed by atoms with van der Waals surface area (Å²) in [5, 5.41) is 6.19. The summed E-state index contributed by atoms with van der Waals surface area (Å²) in [5.74, 6) is -1.31. The van der Waals surface area contributed by atoms with Crippen molar-refractivity contribution in [2.45, 2.75) is 118 Å². The molecule has 0 radical (unpaired) electrons. The van der Waals surface area contributed by atoms with Crippen molar-refractivity contribution in [3.05, 3.63) is 0 Å². The molecule has 0 aromatic rings. The third-order valence-electron chi connectivity index (χ3n) is 7.23. The minimum absolute atomic E-state index is 0.0926. The standard InChI is InChI=1S/C25H48N3O6P/c1-7-11-13-15-17-28(18-16-14-12-8-2)25(31)34-35(26-21(19(5)9-3)23(29)32-35)27-22(20(6)10-4)24(30)33-35/h19-22,26-27H,7-18H2,1-6H3. The van der Waals surface area contributed by atoms with Crippen LogP contribution in [0.2, 0.25) is 0 Å². The van der Waals surface area contributed by atoms with Gasteiger partial charge in [-0.1, -0.05) is 0 Å². The number of amides is 1. The van der Waals surface area contributed by atoms with E-state index in [1.807, 2.05) is 27.7 Å². The fraction of sp³-hybridized carbons (Fsp3) is 0.880. The molecule has 4 unspecified atom stereocenters. The summed E-state index contributed by atoms with van der Waals surface area (Å²) >= 11 is 0. The van der Waals surface area contributed by atoms with Crippen molar-refractivity contribution in [3.8, 4) is 0 Å². The number of nitrogens with zero attached hydrogens (tertiary/aromatic N) is 1. The molecule has 2 aliphatic rings. The first kappa shape index (κ1) is 29.8. The monoisotopic (exact) mass is 517 g/mol. The zero-order chi connectivity index (χ0) is 26.1. The minimum atomic E-state index is -4.76. The van der Waals surface area contributed by atoms with Crippen molar-refractivity contribution in [3.63, 3.8) is 0 Å². The SMILES string of the molecule is CCCCCCN(CCCCCC)C(=O)OP12(NC(C(C)CC)C(=O)O1)NC(C(C)CC)C(=O)O2. The second kappa shape index (κ2) is 13.2. The van der Waals surface area contributed by atoms with Crippen LogP contribution in [0.4, 0.5) is 4.79 Å². The Labute approximate surface area is 211 Å². The topological polar surface area (TPSA) is 106 Å². The van der Waals surface area contributed by atoms with E-state index >= 15 is 0 Å². The summed E-state index contributed by atoms with van der Waals surface area (Å²) in [6, 6.07) is -1.46. The van der Waals surface area contributed by atoms with Gasteiger partial charge in [0.15, 0.2) is 0 Å². The van der Waals surface area contributed by atoms with Gasteiger partial charge in [-0.05, 0) is 0 Å². The van der Waals surface area contributed by atoms with Gasteiger partial charge in [-0.15, -0.1) is 0 Å². The Morgan fingerprint density at radius 3 is 1.63 bits per heavy atom. The molecular weight excluding hydrogens is 469 g/mol. The van der Waals surface area contributed by atoms with E-state index in [1.165, 1.54) is 0 Å². The van der Waals surface area contributed by atoms with E-state index in [4.69, 9.17) is 13.6 Å². The second-order valence-electron chi connectivity index (χ2n) is 10.2. The average molecular weight is 518 g/mol. The van der Waals surface area contributed by atoms with Gasteiger partial charge in [0, 0.05) is 0 Å². The van der Waals surface area contributed by atoms with E-state index in [0.29, 0.717) is 25.9 Å². The summed E-state index contributed by atoms with van der Waals surface area (Å²) in [7, 11) is -4.76. The van der Waals surface area contributed by atoms with Gasteiger partial charge in [-0.3, -0.25) is 0 Å². The summed E-state index contributed by atoms with van der Waals surface area (Å²) in [4.78, 5) is 41.1. The van der Waals surface area contributed by atoms with Gasteiger partial charge in [-0.25, -0.2) is 0 Å². The molecular formula is C25H48N3O6P. The fourth-order valence-corrected chi connectivity index (χ4v) is 7.88. The van der Waals surface area contributed by atoms with Crippen LogP contribution >= 0.6 is 7.59 Å². The number of unbranched alkanes of at least 4 members (excludes halogenated alkanes) is 6. The van der Waals surface area contributed by atoms with Crippen LogP contribution in [0.25, 0.3) is 0 Å². The third kappa shape index (κ3) is 7.30. The van der Waals surface area contributed by atoms with Crippen LogP contribution in [-0.4, -0.2) is 48.1 Å². The summed E-state index contributed by atoms with van der Waals surface area (Å²) in [6.45, 7) is 13.1. The van der Waals surface area contributed by atoms with Crippen molar-refractivity contribution in [2.75, 3.05) is 13.1 Å². The zero-order valence-corrected chi connectivity index (χ0v) is 23.5. The van der Waals surface area contributed by atoms with E-state index in [9.17, 15) is 14.4 Å². The molecule has 0 aromatic carbocycles. The molecule has 35 heavy (non-hydrogen) atoms. The van der Waals surface area contributed by atoms with Crippen LogP contribution in [0.15, 0.2) is 0 Å². The van der Waals surface area contributed by atoms with Crippen LogP contribution in [0.5, 0.6) is 0 Å². The number of rotatable bonds is 15. The molecule has 0 aliphatic carbocycles. The van der Waals surface area contributed by atoms with Gasteiger partial charge >= 0.3 is 211 Å². The molecule has 1 amide bonds. The Bertz CT molecular complexity index is 686. The molecule has 2 heterocycles. The molecule has 2 rings (SSSR count). The van der Waals surface area contributed by atoms with Gasteiger partial charge in [0.2, 0.25) is 0 Å². The Morgan fingerprint density at radius 2 is 1.26 bits per heavy atom. The number of carbonyl (C=O) groups is 3. The molecule has 4 atom stereocenters. The summed E-state index contributed by atoms with van der Waals surface area (Å²) in [5.41, 5.74) is 0. The second-order valence-corrected chi connectivity index (χ2v) is 13.0. The Balaban J connectivity index is 2.31. The maximum absolute atomic E-state index is 13.6. The van der Waals surface area contributed by atoms with Crippen LogP contribution in [0, 0.1) is 11.8 Å². The van der Waals surface area contributed by atoms with E-state index in [0.717, 1.165) is 51.4 Å². The molecule has 2 aliphatic heterocycles. The van der Waals surface area contributed by atoms with Crippen LogP contribution < -0.4 is 10.2 Å². The van der Waals surface area contributed by atoms with Crippen molar-refractivity contribution >= 4 is 25.6 Å². The molecule has 0 saturated carbocycles. The number of hydrogen-bond donors (Lipinski definition) is 2. The molecule has 2 fully saturated rings. The van der Waals surface area contributed by atoms with Gasteiger partial charge in [-0.2, -0.15) is 0 Å². The van der Waals surface area contributed by atoms with E-state index in [2.05, 4.69) is 24.0 Å². The van der Waals surface area contributed by atoms with Gasteiger partial charge in [0.1, 0.15) is 0 Å². The molecule has 0 bridgehead atoms. The average Bonchev–Trinajstić information content (AvgIpc) is 3.28. The quantitative estimate of drug-likeness (QED) is 0.206. The first-order valence-corrected chi connectivity index (χ1v) is 15.7. The van der Waals surface area contributed by atoms with Crippen molar-refractivity contribution in [1.29, 1.82) is 0 Å². The fourth-order valence-electron chi connectivity index (χ4n) is 4.42. The summed E-state index contributed by atoms with van der Waals surface area (Å²) < 4.78 is 17.6. The molecule has 0 aromatic heterocycles. The maximum atomic E-state index is 13.6. The number of carbonyl (C=O) groups excluding carboxylic acids is 3. The van der Waals surface area contributed by atoms with Crippen molar-refractivity contribution in [1.82, 2.24) is 15.1 Å². The van der Waals surface area contributed by atoms with Gasteiger partial charge in [0.05, 0.1) is 0 Å². The Morgan fingerprint density at radius 1 is 0.829 bits per heavy atom. The molecule has 1 spiro atoms. The molecule has 9 nitrogen and oxygen atoms in total. The molecule has 2 saturated heterocycles. The van der Waals surface area contributed by atoms with Crippen molar-refractivity contribution in [2.24, 2.45) is 11.8 Å². The first-order valence-electron chi connectivity index (χ1n) is 13.7. The van der Waals surface area contributed by atoms with Gasteiger partial charge in [0.25, 0.3) is 0 Å². The van der Waals surface area contributed by atoms with Gasteiger partial charge < -0.3 is 0 Å². The van der Waals surface area contributed by atoms with E-state index < -0.39 is 37.7 Å². The molecule has 204 valence electrons. The number of nitrogens with one attached hydrogen (secondary N) is 2. The van der Waals surface area contributed by atoms with Crippen LogP contribution in [0.3, 0.4) is 0 Å².